The number of imide groups is 1. The topological polar surface area (TPSA) is 126 Å². The molecule has 13 heteroatoms. The fraction of sp³-hybridized carbons (Fsp3) is 0.100. The van der Waals surface area contributed by atoms with Crippen LogP contribution in [-0.4, -0.2) is 41.9 Å². The summed E-state index contributed by atoms with van der Waals surface area (Å²) in [6.07, 6.45) is 3.06. The third-order valence-electron chi connectivity index (χ3n) is 4.35. The highest BCUT2D eigenvalue weighted by molar-refractivity contribution is 8.18. The van der Waals surface area contributed by atoms with Gasteiger partial charge in [-0.05, 0) is 53.5 Å². The Hall–Kier alpha value is -3.00. The second-order valence-electron chi connectivity index (χ2n) is 6.61. The van der Waals surface area contributed by atoms with E-state index in [0.29, 0.717) is 10.6 Å². The van der Waals surface area contributed by atoms with Crippen LogP contribution in [0, 0.1) is 0 Å². The first-order chi connectivity index (χ1) is 15.8. The molecule has 0 atom stereocenters. The summed E-state index contributed by atoms with van der Waals surface area (Å²) in [5, 5.41) is 6.00. The monoisotopic (exact) mass is 520 g/mol. The Kier molecular flexibility index (Phi) is 6.93. The minimum absolute atomic E-state index is 0.0195. The van der Waals surface area contributed by atoms with E-state index in [2.05, 4.69) is 15.0 Å². The van der Waals surface area contributed by atoms with Crippen LogP contribution in [0.1, 0.15) is 11.3 Å². The molecule has 170 valence electrons. The number of carbonyl (C=O) groups is 3. The minimum Gasteiger partial charge on any atom is -0.326 e. The quantitative estimate of drug-likeness (QED) is 0.429. The van der Waals surface area contributed by atoms with E-state index in [9.17, 15) is 22.8 Å². The molecule has 9 nitrogen and oxygen atoms in total. The van der Waals surface area contributed by atoms with Gasteiger partial charge >= 0.3 is 0 Å². The molecule has 1 aliphatic rings. The van der Waals surface area contributed by atoms with Crippen molar-refractivity contribution < 1.29 is 22.8 Å². The Balaban J connectivity index is 1.32. The van der Waals surface area contributed by atoms with Gasteiger partial charge in [0.05, 0.1) is 9.80 Å². The molecule has 1 fully saturated rings. The van der Waals surface area contributed by atoms with Crippen LogP contribution in [0.25, 0.3) is 6.08 Å². The molecule has 0 radical (unpaired) electrons. The molecule has 0 saturated carbocycles. The molecule has 0 unspecified atom stereocenters. The first kappa shape index (κ1) is 23.2. The number of carbonyl (C=O) groups excluding carboxylic acids is 3. The Morgan fingerprint density at radius 1 is 1.09 bits per heavy atom. The van der Waals surface area contributed by atoms with Gasteiger partial charge in [0.2, 0.25) is 5.91 Å². The van der Waals surface area contributed by atoms with Gasteiger partial charge in [-0.15, -0.1) is 22.7 Å². The fourth-order valence-corrected chi connectivity index (χ4v) is 6.17. The number of amides is 3. The molecule has 2 N–H and O–H groups in total. The molecular formula is C20H16N4O5S4. The van der Waals surface area contributed by atoms with Gasteiger partial charge in [0.1, 0.15) is 0 Å². The van der Waals surface area contributed by atoms with E-state index in [1.807, 2.05) is 17.5 Å². The van der Waals surface area contributed by atoms with E-state index in [-0.39, 0.29) is 23.0 Å². The van der Waals surface area contributed by atoms with Gasteiger partial charge in [-0.25, -0.2) is 13.4 Å². The van der Waals surface area contributed by atoms with Crippen molar-refractivity contribution in [3.05, 3.63) is 63.1 Å². The Morgan fingerprint density at radius 3 is 2.55 bits per heavy atom. The van der Waals surface area contributed by atoms with Crippen molar-refractivity contribution in [2.75, 3.05) is 16.6 Å². The number of rotatable bonds is 8. The number of thiazole rings is 1. The molecule has 1 aromatic carbocycles. The van der Waals surface area contributed by atoms with Crippen LogP contribution >= 0.6 is 34.4 Å². The summed E-state index contributed by atoms with van der Waals surface area (Å²) < 4.78 is 27.1. The van der Waals surface area contributed by atoms with Crippen molar-refractivity contribution in [1.82, 2.24) is 9.88 Å². The van der Waals surface area contributed by atoms with Crippen molar-refractivity contribution in [3.8, 4) is 0 Å². The average Bonchev–Trinajstić information content (AvgIpc) is 3.52. The van der Waals surface area contributed by atoms with Crippen LogP contribution in [0.15, 0.2) is 63.2 Å². The standard InChI is InChI=1S/C20H16N4O5S4/c25-17(7-9-24-18(26)16(32-20(24)27)12-14-2-1-10-30-14)22-13-3-5-15(6-4-13)33(28,29)23-19-21-8-11-31-19/h1-6,8,10-12H,7,9H2,(H,21,23)(H,22,25). The van der Waals surface area contributed by atoms with Crippen LogP contribution in [0.3, 0.4) is 0 Å². The molecule has 3 amide bonds. The van der Waals surface area contributed by atoms with Crippen LogP contribution in [0.4, 0.5) is 15.6 Å². The van der Waals surface area contributed by atoms with Crippen LogP contribution in [-0.2, 0) is 19.6 Å². The molecule has 1 aliphatic heterocycles. The number of aromatic nitrogens is 1. The number of sulfonamides is 1. The maximum atomic E-state index is 12.5. The number of thioether (sulfide) groups is 1. The van der Waals surface area contributed by atoms with Gasteiger partial charge in [-0.1, -0.05) is 6.07 Å². The molecule has 1 saturated heterocycles. The number of anilines is 2. The van der Waals surface area contributed by atoms with E-state index < -0.39 is 27.1 Å². The molecule has 0 spiro atoms. The van der Waals surface area contributed by atoms with E-state index in [4.69, 9.17) is 0 Å². The molecule has 4 rings (SSSR count). The van der Waals surface area contributed by atoms with Crippen molar-refractivity contribution in [3.63, 3.8) is 0 Å². The summed E-state index contributed by atoms with van der Waals surface area (Å²) in [6, 6.07) is 9.33. The molecule has 3 heterocycles. The summed E-state index contributed by atoms with van der Waals surface area (Å²) in [5.41, 5.74) is 0.389. The Labute approximate surface area is 201 Å². The smallest absolute Gasteiger partial charge is 0.293 e. The van der Waals surface area contributed by atoms with E-state index >= 15 is 0 Å². The molecule has 3 aromatic rings. The van der Waals surface area contributed by atoms with Gasteiger partial charge in [0, 0.05) is 35.1 Å². The van der Waals surface area contributed by atoms with Crippen molar-refractivity contribution in [1.29, 1.82) is 0 Å². The first-order valence-corrected chi connectivity index (χ1v) is 13.5. The van der Waals surface area contributed by atoms with Gasteiger partial charge in [0.15, 0.2) is 5.13 Å². The molecule has 0 aliphatic carbocycles. The summed E-state index contributed by atoms with van der Waals surface area (Å²) in [5.74, 6) is -0.832. The summed E-state index contributed by atoms with van der Waals surface area (Å²) in [6.45, 7) is -0.0531. The highest BCUT2D eigenvalue weighted by Crippen LogP contribution is 2.33. The third-order valence-corrected chi connectivity index (χ3v) is 8.25. The van der Waals surface area contributed by atoms with E-state index in [1.165, 1.54) is 41.8 Å². The maximum Gasteiger partial charge on any atom is 0.293 e. The van der Waals surface area contributed by atoms with Crippen molar-refractivity contribution in [2.45, 2.75) is 11.3 Å². The first-order valence-electron chi connectivity index (χ1n) is 9.43. The summed E-state index contributed by atoms with van der Waals surface area (Å²) in [4.78, 5) is 43.1. The molecule has 0 bridgehead atoms. The minimum atomic E-state index is -3.79. The lowest BCUT2D eigenvalue weighted by Gasteiger charge is -2.12. The number of nitrogens with one attached hydrogen (secondary N) is 2. The predicted molar refractivity (Wildman–Crippen MR) is 130 cm³/mol. The van der Waals surface area contributed by atoms with E-state index in [1.54, 1.807) is 11.5 Å². The zero-order chi connectivity index (χ0) is 23.4. The SMILES string of the molecule is O=C(CCN1C(=O)SC(=Cc2cccs2)C1=O)Nc1ccc(S(=O)(=O)Nc2nccs2)cc1. The lowest BCUT2D eigenvalue weighted by atomic mass is 10.3. The number of benzene rings is 1. The van der Waals surface area contributed by atoms with E-state index in [0.717, 1.165) is 32.9 Å². The highest BCUT2D eigenvalue weighted by Gasteiger charge is 2.35. The van der Waals surface area contributed by atoms with Crippen LogP contribution in [0.5, 0.6) is 0 Å². The van der Waals surface area contributed by atoms with Crippen molar-refractivity contribution >= 4 is 78.4 Å². The van der Waals surface area contributed by atoms with Crippen LogP contribution in [0.2, 0.25) is 0 Å². The van der Waals surface area contributed by atoms with Gasteiger partial charge in [0.25, 0.3) is 21.2 Å². The second-order valence-corrected chi connectivity index (χ2v) is 11.2. The van der Waals surface area contributed by atoms with Gasteiger partial charge in [-0.2, -0.15) is 0 Å². The third kappa shape index (κ3) is 5.68. The second kappa shape index (κ2) is 9.87. The highest BCUT2D eigenvalue weighted by atomic mass is 32.2. The zero-order valence-corrected chi connectivity index (χ0v) is 20.0. The van der Waals surface area contributed by atoms with Crippen molar-refractivity contribution in [2.24, 2.45) is 0 Å². The lowest BCUT2D eigenvalue weighted by molar-refractivity contribution is -0.123. The number of hydrogen-bond acceptors (Lipinski definition) is 9. The summed E-state index contributed by atoms with van der Waals surface area (Å²) in [7, 11) is -3.79. The fourth-order valence-electron chi connectivity index (χ4n) is 2.80. The van der Waals surface area contributed by atoms with Crippen LogP contribution < -0.4 is 10.0 Å². The normalized spacial score (nSPS) is 15.3. The van der Waals surface area contributed by atoms with Gasteiger partial charge in [-0.3, -0.25) is 24.0 Å². The lowest BCUT2D eigenvalue weighted by Crippen LogP contribution is -2.31. The average molecular weight is 521 g/mol. The Morgan fingerprint density at radius 2 is 1.88 bits per heavy atom. The Bertz CT molecular complexity index is 1300. The maximum absolute atomic E-state index is 12.5. The summed E-state index contributed by atoms with van der Waals surface area (Å²) >= 11 is 3.46. The predicted octanol–water partition coefficient (Wildman–Crippen LogP) is 4.07. The van der Waals surface area contributed by atoms with Gasteiger partial charge < -0.3 is 5.32 Å². The zero-order valence-electron chi connectivity index (χ0n) is 16.8. The molecule has 2 aromatic heterocycles. The molecular weight excluding hydrogens is 505 g/mol. The number of hydrogen-bond donors (Lipinski definition) is 2. The number of thiophene rings is 1. The largest absolute Gasteiger partial charge is 0.326 e. The number of nitrogens with zero attached hydrogens (tertiary/aromatic N) is 2. The molecule has 33 heavy (non-hydrogen) atoms.